The second kappa shape index (κ2) is 5.94. The fraction of sp³-hybridized carbons (Fsp3) is 0.143. The predicted octanol–water partition coefficient (Wildman–Crippen LogP) is 5.58. The van der Waals surface area contributed by atoms with Gasteiger partial charge in [-0.05, 0) is 37.3 Å². The second-order valence-corrected chi connectivity index (χ2v) is 5.03. The molecule has 2 aromatic rings. The number of nitrogens with one attached hydrogen (secondary N) is 1. The average molecular weight is 320 g/mol. The van der Waals surface area contributed by atoms with Crippen molar-refractivity contribution in [1.82, 2.24) is 0 Å². The Balaban J connectivity index is 2.35. The lowest BCUT2D eigenvalue weighted by Gasteiger charge is -2.19. The van der Waals surface area contributed by atoms with Crippen molar-refractivity contribution in [2.24, 2.45) is 0 Å². The SMILES string of the molecule is CC(Nc1cc(F)ccc1F)c1c(Cl)ccc(F)c1Cl. The van der Waals surface area contributed by atoms with Crippen LogP contribution in [0.2, 0.25) is 10.0 Å². The first kappa shape index (κ1) is 15.0. The summed E-state index contributed by atoms with van der Waals surface area (Å²) in [7, 11) is 0. The Morgan fingerprint density at radius 3 is 2.35 bits per heavy atom. The number of halogens is 5. The van der Waals surface area contributed by atoms with E-state index in [1.165, 1.54) is 6.07 Å². The van der Waals surface area contributed by atoms with Crippen LogP contribution in [0.4, 0.5) is 18.9 Å². The Kier molecular flexibility index (Phi) is 4.45. The molecule has 0 aromatic heterocycles. The van der Waals surface area contributed by atoms with Crippen LogP contribution < -0.4 is 5.32 Å². The number of benzene rings is 2. The van der Waals surface area contributed by atoms with E-state index in [2.05, 4.69) is 5.32 Å². The lowest BCUT2D eigenvalue weighted by atomic mass is 10.1. The van der Waals surface area contributed by atoms with E-state index in [4.69, 9.17) is 23.2 Å². The van der Waals surface area contributed by atoms with Gasteiger partial charge in [0, 0.05) is 10.6 Å². The van der Waals surface area contributed by atoms with Crippen molar-refractivity contribution in [3.05, 3.63) is 63.4 Å². The number of rotatable bonds is 3. The molecule has 0 fully saturated rings. The molecule has 0 aliphatic carbocycles. The van der Waals surface area contributed by atoms with E-state index in [0.717, 1.165) is 24.3 Å². The third-order valence-corrected chi connectivity index (χ3v) is 3.53. The number of hydrogen-bond donors (Lipinski definition) is 1. The standard InChI is InChI=1S/C14H10Cl2F3N/c1-7(13-9(15)3-5-11(19)14(13)16)20-12-6-8(17)2-4-10(12)18/h2-7,20H,1H3. The van der Waals surface area contributed by atoms with E-state index in [0.29, 0.717) is 0 Å². The van der Waals surface area contributed by atoms with Crippen LogP contribution in [0.1, 0.15) is 18.5 Å². The summed E-state index contributed by atoms with van der Waals surface area (Å²) in [6.07, 6.45) is 0. The minimum Gasteiger partial charge on any atom is -0.376 e. The molecule has 0 saturated heterocycles. The first-order valence-electron chi connectivity index (χ1n) is 5.75. The van der Waals surface area contributed by atoms with Crippen LogP contribution in [-0.4, -0.2) is 0 Å². The zero-order chi connectivity index (χ0) is 14.9. The van der Waals surface area contributed by atoms with Gasteiger partial charge >= 0.3 is 0 Å². The molecule has 1 unspecified atom stereocenters. The molecule has 2 rings (SSSR count). The predicted molar refractivity (Wildman–Crippen MR) is 74.8 cm³/mol. The molecule has 0 heterocycles. The van der Waals surface area contributed by atoms with Crippen LogP contribution in [-0.2, 0) is 0 Å². The van der Waals surface area contributed by atoms with Crippen LogP contribution in [0.25, 0.3) is 0 Å². The molecular formula is C14H10Cl2F3N. The third kappa shape index (κ3) is 3.02. The van der Waals surface area contributed by atoms with Crippen molar-refractivity contribution in [3.63, 3.8) is 0 Å². The van der Waals surface area contributed by atoms with Gasteiger partial charge in [0.2, 0.25) is 0 Å². The highest BCUT2D eigenvalue weighted by molar-refractivity contribution is 6.36. The van der Waals surface area contributed by atoms with Crippen molar-refractivity contribution >= 4 is 28.9 Å². The van der Waals surface area contributed by atoms with Crippen molar-refractivity contribution in [3.8, 4) is 0 Å². The Hall–Kier alpha value is -1.39. The largest absolute Gasteiger partial charge is 0.376 e. The molecule has 0 aliphatic heterocycles. The smallest absolute Gasteiger partial charge is 0.146 e. The molecular weight excluding hydrogens is 310 g/mol. The highest BCUT2D eigenvalue weighted by atomic mass is 35.5. The summed E-state index contributed by atoms with van der Waals surface area (Å²) in [5.41, 5.74) is 0.242. The first-order valence-corrected chi connectivity index (χ1v) is 6.50. The maximum absolute atomic E-state index is 13.6. The highest BCUT2D eigenvalue weighted by Crippen LogP contribution is 2.34. The van der Waals surface area contributed by atoms with Gasteiger partial charge in [0.1, 0.15) is 17.5 Å². The molecule has 1 atom stereocenters. The number of anilines is 1. The maximum atomic E-state index is 13.6. The molecule has 0 spiro atoms. The quantitative estimate of drug-likeness (QED) is 0.728. The normalized spacial score (nSPS) is 12.3. The molecule has 2 aromatic carbocycles. The van der Waals surface area contributed by atoms with Gasteiger partial charge in [0.25, 0.3) is 0 Å². The van der Waals surface area contributed by atoms with Crippen LogP contribution in [0, 0.1) is 17.5 Å². The van der Waals surface area contributed by atoms with Gasteiger partial charge in [-0.15, -0.1) is 0 Å². The Morgan fingerprint density at radius 2 is 1.65 bits per heavy atom. The molecule has 20 heavy (non-hydrogen) atoms. The van der Waals surface area contributed by atoms with E-state index in [-0.39, 0.29) is 21.3 Å². The van der Waals surface area contributed by atoms with E-state index < -0.39 is 23.5 Å². The fourth-order valence-electron chi connectivity index (χ4n) is 1.85. The van der Waals surface area contributed by atoms with E-state index >= 15 is 0 Å². The van der Waals surface area contributed by atoms with Gasteiger partial charge in [-0.25, -0.2) is 13.2 Å². The van der Waals surface area contributed by atoms with Crippen LogP contribution in [0.5, 0.6) is 0 Å². The van der Waals surface area contributed by atoms with Crippen molar-refractivity contribution in [2.45, 2.75) is 13.0 Å². The van der Waals surface area contributed by atoms with Crippen molar-refractivity contribution in [2.75, 3.05) is 5.32 Å². The molecule has 1 nitrogen and oxygen atoms in total. The third-order valence-electron chi connectivity index (χ3n) is 2.81. The molecule has 6 heteroatoms. The second-order valence-electron chi connectivity index (χ2n) is 4.25. The van der Waals surface area contributed by atoms with E-state index in [1.54, 1.807) is 6.92 Å². The van der Waals surface area contributed by atoms with Gasteiger partial charge in [0.15, 0.2) is 0 Å². The summed E-state index contributed by atoms with van der Waals surface area (Å²) >= 11 is 11.8. The van der Waals surface area contributed by atoms with Crippen molar-refractivity contribution in [1.29, 1.82) is 0 Å². The Labute approximate surface area is 124 Å². The maximum Gasteiger partial charge on any atom is 0.146 e. The summed E-state index contributed by atoms with van der Waals surface area (Å²) in [5, 5.41) is 2.83. The molecule has 0 saturated carbocycles. The first-order chi connectivity index (χ1) is 9.40. The number of hydrogen-bond acceptors (Lipinski definition) is 1. The molecule has 0 amide bonds. The summed E-state index contributed by atoms with van der Waals surface area (Å²) in [4.78, 5) is 0. The molecule has 106 valence electrons. The summed E-state index contributed by atoms with van der Waals surface area (Å²) in [5.74, 6) is -1.83. The Morgan fingerprint density at radius 1 is 1.00 bits per heavy atom. The topological polar surface area (TPSA) is 12.0 Å². The van der Waals surface area contributed by atoms with Gasteiger partial charge in [-0.1, -0.05) is 23.2 Å². The van der Waals surface area contributed by atoms with Crippen LogP contribution in [0.15, 0.2) is 30.3 Å². The molecule has 0 bridgehead atoms. The van der Waals surface area contributed by atoms with Crippen molar-refractivity contribution < 1.29 is 13.2 Å². The minimum absolute atomic E-state index is 0.0473. The zero-order valence-electron chi connectivity index (χ0n) is 10.4. The van der Waals surface area contributed by atoms with Gasteiger partial charge < -0.3 is 5.32 Å². The fourth-order valence-corrected chi connectivity index (χ4v) is 2.55. The van der Waals surface area contributed by atoms with Gasteiger partial charge in [-0.2, -0.15) is 0 Å². The van der Waals surface area contributed by atoms with Gasteiger partial charge in [-0.3, -0.25) is 0 Å². The van der Waals surface area contributed by atoms with E-state index in [9.17, 15) is 13.2 Å². The van der Waals surface area contributed by atoms with Gasteiger partial charge in [0.05, 0.1) is 16.8 Å². The lowest BCUT2D eigenvalue weighted by molar-refractivity contribution is 0.600. The van der Waals surface area contributed by atoms with Crippen LogP contribution >= 0.6 is 23.2 Å². The van der Waals surface area contributed by atoms with E-state index in [1.807, 2.05) is 0 Å². The zero-order valence-corrected chi connectivity index (χ0v) is 11.9. The molecule has 1 N–H and O–H groups in total. The summed E-state index contributed by atoms with van der Waals surface area (Å²) in [6, 6.07) is 4.92. The highest BCUT2D eigenvalue weighted by Gasteiger charge is 2.18. The lowest BCUT2D eigenvalue weighted by Crippen LogP contribution is -2.10. The summed E-state index contributed by atoms with van der Waals surface area (Å²) in [6.45, 7) is 1.62. The van der Waals surface area contributed by atoms with Crippen LogP contribution in [0.3, 0.4) is 0 Å². The minimum atomic E-state index is -0.626. The molecule has 0 aliphatic rings. The summed E-state index contributed by atoms with van der Waals surface area (Å²) < 4.78 is 40.1. The monoisotopic (exact) mass is 319 g/mol. The Bertz CT molecular complexity index is 647. The average Bonchev–Trinajstić information content (AvgIpc) is 2.39. The molecule has 0 radical (unpaired) electrons.